The van der Waals surface area contributed by atoms with Crippen LogP contribution in [0.2, 0.25) is 5.02 Å². The number of amides is 3. The Kier molecular flexibility index (Phi) is 7.24. The van der Waals surface area contributed by atoms with Crippen molar-refractivity contribution in [3.8, 4) is 0 Å². The molecule has 1 aromatic carbocycles. The number of urea groups is 1. The first kappa shape index (κ1) is 23.6. The first-order valence-corrected chi connectivity index (χ1v) is 12.0. The lowest BCUT2D eigenvalue weighted by molar-refractivity contribution is -0.139. The van der Waals surface area contributed by atoms with Gasteiger partial charge in [-0.3, -0.25) is 14.6 Å². The predicted octanol–water partition coefficient (Wildman–Crippen LogP) is 2.80. The van der Waals surface area contributed by atoms with Crippen LogP contribution in [-0.4, -0.2) is 79.0 Å². The molecule has 1 N–H and O–H groups in total. The van der Waals surface area contributed by atoms with Crippen LogP contribution in [0.15, 0.2) is 35.5 Å². The average molecular weight is 475 g/mol. The molecule has 1 aromatic rings. The summed E-state index contributed by atoms with van der Waals surface area (Å²) in [6.45, 7) is 5.29. The molecule has 0 bridgehead atoms. The van der Waals surface area contributed by atoms with Crippen LogP contribution in [0, 0.1) is 5.92 Å². The summed E-state index contributed by atoms with van der Waals surface area (Å²) in [6, 6.07) is 6.20. The second kappa shape index (κ2) is 10.1. The number of nitrogens with one attached hydrogen (secondary N) is 1. The van der Waals surface area contributed by atoms with E-state index in [2.05, 4.69) is 10.2 Å². The molecular weight excluding hydrogens is 444 g/mol. The summed E-state index contributed by atoms with van der Waals surface area (Å²) in [5.41, 5.74) is 1.75. The second-order valence-electron chi connectivity index (χ2n) is 8.81. The molecule has 4 rings (SSSR count). The van der Waals surface area contributed by atoms with Gasteiger partial charge in [0.15, 0.2) is 0 Å². The number of esters is 1. The fourth-order valence-corrected chi connectivity index (χ4v) is 4.68. The van der Waals surface area contributed by atoms with Crippen molar-refractivity contribution in [2.45, 2.75) is 32.2 Å². The minimum atomic E-state index is -0.652. The van der Waals surface area contributed by atoms with Gasteiger partial charge in [0.05, 0.1) is 18.2 Å². The zero-order chi connectivity index (χ0) is 23.5. The Labute approximate surface area is 199 Å². The number of nitrogens with zero attached hydrogens (tertiary/aromatic N) is 3. The largest absolute Gasteiger partial charge is 0.463 e. The van der Waals surface area contributed by atoms with Crippen LogP contribution in [0.5, 0.6) is 0 Å². The summed E-state index contributed by atoms with van der Waals surface area (Å²) in [4.78, 5) is 44.1. The van der Waals surface area contributed by atoms with E-state index in [0.717, 1.165) is 37.9 Å². The van der Waals surface area contributed by atoms with Crippen LogP contribution in [0.3, 0.4) is 0 Å². The van der Waals surface area contributed by atoms with Crippen LogP contribution >= 0.6 is 11.6 Å². The van der Waals surface area contributed by atoms with Gasteiger partial charge in [-0.2, -0.15) is 0 Å². The number of carbonyl (C=O) groups excluding carboxylic acids is 3. The smallest absolute Gasteiger partial charge is 0.338 e. The van der Waals surface area contributed by atoms with Crippen molar-refractivity contribution in [3.63, 3.8) is 0 Å². The van der Waals surface area contributed by atoms with Gasteiger partial charge < -0.3 is 15.0 Å². The highest BCUT2D eigenvalue weighted by Crippen LogP contribution is 2.33. The minimum Gasteiger partial charge on any atom is -0.463 e. The lowest BCUT2D eigenvalue weighted by Crippen LogP contribution is -2.49. The highest BCUT2D eigenvalue weighted by Gasteiger charge is 2.38. The predicted molar refractivity (Wildman–Crippen MR) is 125 cm³/mol. The van der Waals surface area contributed by atoms with Crippen molar-refractivity contribution < 1.29 is 19.1 Å². The van der Waals surface area contributed by atoms with E-state index in [-0.39, 0.29) is 24.5 Å². The van der Waals surface area contributed by atoms with E-state index in [1.54, 1.807) is 32.2 Å². The standard InChI is InChI=1S/C24H31ClN4O4/c1-3-33-23(31)20-19(15-28-10-5-11-29(13-12-28)22(30)16-8-9-16)27(2)24(32)26-21(20)17-6-4-7-18(25)14-17/h4,6-7,14,16,21H,3,5,8-13,15H2,1-2H3,(H,26,32). The topological polar surface area (TPSA) is 82.2 Å². The Bertz CT molecular complexity index is 962. The summed E-state index contributed by atoms with van der Waals surface area (Å²) in [6.07, 6.45) is 2.85. The van der Waals surface area contributed by atoms with Crippen molar-refractivity contribution in [2.75, 3.05) is 46.4 Å². The van der Waals surface area contributed by atoms with E-state index < -0.39 is 12.0 Å². The molecule has 33 heavy (non-hydrogen) atoms. The molecule has 1 saturated heterocycles. The first-order chi connectivity index (χ1) is 15.9. The van der Waals surface area contributed by atoms with Gasteiger partial charge in [0.1, 0.15) is 0 Å². The molecule has 2 aliphatic heterocycles. The van der Waals surface area contributed by atoms with E-state index >= 15 is 0 Å². The molecule has 0 aromatic heterocycles. The van der Waals surface area contributed by atoms with Gasteiger partial charge in [-0.25, -0.2) is 9.59 Å². The number of rotatable bonds is 6. The van der Waals surface area contributed by atoms with Crippen molar-refractivity contribution >= 4 is 29.5 Å². The van der Waals surface area contributed by atoms with E-state index in [4.69, 9.17) is 16.3 Å². The monoisotopic (exact) mass is 474 g/mol. The maximum Gasteiger partial charge on any atom is 0.338 e. The number of carbonyl (C=O) groups is 3. The Morgan fingerprint density at radius 3 is 2.67 bits per heavy atom. The number of benzene rings is 1. The zero-order valence-electron chi connectivity index (χ0n) is 19.2. The summed E-state index contributed by atoms with van der Waals surface area (Å²) >= 11 is 6.20. The average Bonchev–Trinajstić information content (AvgIpc) is 3.64. The molecule has 8 nitrogen and oxygen atoms in total. The third kappa shape index (κ3) is 5.33. The fraction of sp³-hybridized carbons (Fsp3) is 0.542. The number of ether oxygens (including phenoxy) is 1. The summed E-state index contributed by atoms with van der Waals surface area (Å²) in [5.74, 6) is 0.0180. The molecule has 178 valence electrons. The van der Waals surface area contributed by atoms with E-state index in [1.807, 2.05) is 11.0 Å². The molecule has 0 radical (unpaired) electrons. The van der Waals surface area contributed by atoms with Crippen molar-refractivity contribution in [2.24, 2.45) is 5.92 Å². The summed E-state index contributed by atoms with van der Waals surface area (Å²) in [5, 5.41) is 3.44. The fourth-order valence-electron chi connectivity index (χ4n) is 4.48. The van der Waals surface area contributed by atoms with Gasteiger partial charge in [-0.15, -0.1) is 0 Å². The summed E-state index contributed by atoms with van der Waals surface area (Å²) in [7, 11) is 1.67. The second-order valence-corrected chi connectivity index (χ2v) is 9.24. The van der Waals surface area contributed by atoms with Crippen LogP contribution in [0.4, 0.5) is 4.79 Å². The van der Waals surface area contributed by atoms with Crippen molar-refractivity contribution in [1.82, 2.24) is 20.0 Å². The number of hydrogen-bond acceptors (Lipinski definition) is 5. The molecule has 1 unspecified atom stereocenters. The van der Waals surface area contributed by atoms with Gasteiger partial charge >= 0.3 is 12.0 Å². The third-order valence-electron chi connectivity index (χ3n) is 6.45. The van der Waals surface area contributed by atoms with Gasteiger partial charge in [-0.1, -0.05) is 23.7 Å². The molecule has 9 heteroatoms. The van der Waals surface area contributed by atoms with E-state index in [1.165, 1.54) is 4.90 Å². The molecule has 1 atom stereocenters. The molecular formula is C24H31ClN4O4. The Balaban J connectivity index is 1.62. The number of hydrogen-bond donors (Lipinski definition) is 1. The molecule has 2 heterocycles. The van der Waals surface area contributed by atoms with Gasteiger partial charge in [0, 0.05) is 56.4 Å². The minimum absolute atomic E-state index is 0.210. The Morgan fingerprint density at radius 2 is 1.97 bits per heavy atom. The van der Waals surface area contributed by atoms with Crippen LogP contribution < -0.4 is 5.32 Å². The molecule has 3 aliphatic rings. The molecule has 2 fully saturated rings. The number of halogens is 1. The lowest BCUT2D eigenvalue weighted by atomic mass is 9.94. The zero-order valence-corrected chi connectivity index (χ0v) is 19.9. The Morgan fingerprint density at radius 1 is 1.18 bits per heavy atom. The SMILES string of the molecule is CCOC(=O)C1=C(CN2CCCN(C(=O)C3CC3)CC2)N(C)C(=O)NC1c1cccc(Cl)c1. The van der Waals surface area contributed by atoms with Gasteiger partial charge in [-0.05, 0) is 43.9 Å². The lowest BCUT2D eigenvalue weighted by Gasteiger charge is -2.36. The van der Waals surface area contributed by atoms with Crippen molar-refractivity contribution in [1.29, 1.82) is 0 Å². The number of likely N-dealkylation sites (N-methyl/N-ethyl adjacent to an activating group) is 1. The maximum atomic E-state index is 13.1. The third-order valence-corrected chi connectivity index (χ3v) is 6.69. The molecule has 1 aliphatic carbocycles. The highest BCUT2D eigenvalue weighted by atomic mass is 35.5. The maximum absolute atomic E-state index is 13.1. The van der Waals surface area contributed by atoms with E-state index in [0.29, 0.717) is 35.9 Å². The normalized spacial score (nSPS) is 22.2. The van der Waals surface area contributed by atoms with Crippen LogP contribution in [0.1, 0.15) is 37.8 Å². The van der Waals surface area contributed by atoms with Crippen LogP contribution in [0.25, 0.3) is 0 Å². The first-order valence-electron chi connectivity index (χ1n) is 11.6. The quantitative estimate of drug-likeness (QED) is 0.641. The van der Waals surface area contributed by atoms with E-state index in [9.17, 15) is 14.4 Å². The van der Waals surface area contributed by atoms with Crippen molar-refractivity contribution in [3.05, 3.63) is 46.1 Å². The molecule has 1 saturated carbocycles. The van der Waals surface area contributed by atoms with Crippen LogP contribution in [-0.2, 0) is 14.3 Å². The van der Waals surface area contributed by atoms with Gasteiger partial charge in [0.25, 0.3) is 0 Å². The molecule has 0 spiro atoms. The molecule has 3 amide bonds. The Hall–Kier alpha value is -2.58. The van der Waals surface area contributed by atoms with Gasteiger partial charge in [0.2, 0.25) is 5.91 Å². The highest BCUT2D eigenvalue weighted by molar-refractivity contribution is 6.30. The summed E-state index contributed by atoms with van der Waals surface area (Å²) < 4.78 is 5.39.